The van der Waals surface area contributed by atoms with Crippen molar-refractivity contribution in [3.8, 4) is 0 Å². The Kier molecular flexibility index (Phi) is 7.15. The van der Waals surface area contributed by atoms with Gasteiger partial charge in [0.1, 0.15) is 0 Å². The summed E-state index contributed by atoms with van der Waals surface area (Å²) in [5.41, 5.74) is 0.205. The topological polar surface area (TPSA) is 24.5 Å². The van der Waals surface area contributed by atoms with Gasteiger partial charge in [0, 0.05) is 32.3 Å². The molecule has 0 atom stereocenters. The van der Waals surface area contributed by atoms with Crippen LogP contribution in [-0.2, 0) is 4.74 Å². The van der Waals surface area contributed by atoms with Crippen LogP contribution in [0.4, 0.5) is 0 Å². The van der Waals surface area contributed by atoms with Gasteiger partial charge in [-0.1, -0.05) is 6.92 Å². The molecule has 0 bridgehead atoms. The van der Waals surface area contributed by atoms with Gasteiger partial charge in [0.2, 0.25) is 0 Å². The fraction of sp³-hybridized carbons (Fsp3) is 1.00. The third-order valence-electron chi connectivity index (χ3n) is 2.21. The quantitative estimate of drug-likeness (QED) is 0.601. The molecule has 0 radical (unpaired) electrons. The smallest absolute Gasteiger partial charge is 0.0474 e. The van der Waals surface area contributed by atoms with E-state index in [1.165, 1.54) is 0 Å². The van der Waals surface area contributed by atoms with Gasteiger partial charge in [-0.05, 0) is 33.9 Å². The van der Waals surface area contributed by atoms with Gasteiger partial charge in [0.05, 0.1) is 0 Å². The molecular weight excluding hydrogens is 176 g/mol. The minimum Gasteiger partial charge on any atom is -0.385 e. The van der Waals surface area contributed by atoms with Crippen molar-refractivity contribution in [1.82, 2.24) is 10.2 Å². The van der Waals surface area contributed by atoms with Gasteiger partial charge in [-0.3, -0.25) is 0 Å². The van der Waals surface area contributed by atoms with Crippen LogP contribution in [0.15, 0.2) is 0 Å². The minimum atomic E-state index is 0.205. The van der Waals surface area contributed by atoms with Gasteiger partial charge in [-0.15, -0.1) is 0 Å². The largest absolute Gasteiger partial charge is 0.385 e. The molecule has 0 rings (SSSR count). The van der Waals surface area contributed by atoms with Crippen LogP contribution in [-0.4, -0.2) is 50.8 Å². The zero-order valence-corrected chi connectivity index (χ0v) is 10.4. The predicted molar refractivity (Wildman–Crippen MR) is 61.7 cm³/mol. The number of ether oxygens (including phenoxy) is 1. The van der Waals surface area contributed by atoms with E-state index in [9.17, 15) is 0 Å². The van der Waals surface area contributed by atoms with E-state index < -0.39 is 0 Å². The number of hydrogen-bond acceptors (Lipinski definition) is 3. The van der Waals surface area contributed by atoms with Crippen LogP contribution in [0.5, 0.6) is 0 Å². The van der Waals surface area contributed by atoms with E-state index in [4.69, 9.17) is 4.74 Å². The molecule has 0 unspecified atom stereocenters. The summed E-state index contributed by atoms with van der Waals surface area (Å²) in [7, 11) is 3.91. The Balaban J connectivity index is 3.63. The maximum absolute atomic E-state index is 5.03. The van der Waals surface area contributed by atoms with Crippen LogP contribution < -0.4 is 5.32 Å². The number of nitrogens with zero attached hydrogens (tertiary/aromatic N) is 1. The molecule has 0 saturated carbocycles. The molecule has 0 aliphatic carbocycles. The number of hydrogen-bond donors (Lipinski definition) is 1. The molecule has 0 spiro atoms. The number of likely N-dealkylation sites (N-methyl/N-ethyl adjacent to an activating group) is 2. The Hall–Kier alpha value is -0.120. The lowest BCUT2D eigenvalue weighted by atomic mass is 10.1. The Morgan fingerprint density at radius 1 is 1.36 bits per heavy atom. The molecule has 1 N–H and O–H groups in total. The van der Waals surface area contributed by atoms with Crippen LogP contribution >= 0.6 is 0 Å². The number of methoxy groups -OCH3 is 1. The van der Waals surface area contributed by atoms with Gasteiger partial charge >= 0.3 is 0 Å². The molecule has 3 heteroatoms. The molecule has 0 aliphatic heterocycles. The molecule has 0 aromatic rings. The van der Waals surface area contributed by atoms with Crippen molar-refractivity contribution in [2.24, 2.45) is 0 Å². The predicted octanol–water partition coefficient (Wildman–Crippen LogP) is 1.34. The fourth-order valence-corrected chi connectivity index (χ4v) is 1.77. The third kappa shape index (κ3) is 7.30. The molecular formula is C11H26N2O. The second-order valence-corrected chi connectivity index (χ2v) is 4.50. The van der Waals surface area contributed by atoms with E-state index >= 15 is 0 Å². The summed E-state index contributed by atoms with van der Waals surface area (Å²) >= 11 is 0. The van der Waals surface area contributed by atoms with E-state index in [2.05, 4.69) is 38.0 Å². The van der Waals surface area contributed by atoms with Gasteiger partial charge in [0.15, 0.2) is 0 Å². The first-order valence-corrected chi connectivity index (χ1v) is 5.44. The van der Waals surface area contributed by atoms with Crippen LogP contribution in [0, 0.1) is 0 Å². The van der Waals surface area contributed by atoms with Gasteiger partial charge in [-0.25, -0.2) is 0 Å². The van der Waals surface area contributed by atoms with Crippen molar-refractivity contribution in [3.05, 3.63) is 0 Å². The maximum Gasteiger partial charge on any atom is 0.0474 e. The third-order valence-corrected chi connectivity index (χ3v) is 2.21. The highest BCUT2D eigenvalue weighted by Gasteiger charge is 2.17. The monoisotopic (exact) mass is 202 g/mol. The molecule has 0 aromatic carbocycles. The lowest BCUT2D eigenvalue weighted by molar-refractivity contribution is 0.168. The first-order valence-electron chi connectivity index (χ1n) is 5.44. The average molecular weight is 202 g/mol. The summed E-state index contributed by atoms with van der Waals surface area (Å²) < 4.78 is 5.03. The van der Waals surface area contributed by atoms with E-state index in [1.807, 2.05) is 0 Å². The van der Waals surface area contributed by atoms with Crippen molar-refractivity contribution in [2.75, 3.05) is 40.4 Å². The summed E-state index contributed by atoms with van der Waals surface area (Å²) in [6, 6.07) is 0. The highest BCUT2D eigenvalue weighted by Crippen LogP contribution is 2.04. The van der Waals surface area contributed by atoms with Crippen molar-refractivity contribution in [2.45, 2.75) is 32.7 Å². The molecule has 86 valence electrons. The standard InChI is InChI=1S/C11H26N2O/c1-6-12-11(2,3)10-13(4)8-7-9-14-5/h12H,6-10H2,1-5H3. The summed E-state index contributed by atoms with van der Waals surface area (Å²) in [5.74, 6) is 0. The van der Waals surface area contributed by atoms with Crippen LogP contribution in [0.3, 0.4) is 0 Å². The zero-order chi connectivity index (χ0) is 11.0. The van der Waals surface area contributed by atoms with Gasteiger partial charge < -0.3 is 15.0 Å². The molecule has 0 aliphatic rings. The number of nitrogens with one attached hydrogen (secondary N) is 1. The van der Waals surface area contributed by atoms with Crippen LogP contribution in [0.25, 0.3) is 0 Å². The SMILES string of the molecule is CCNC(C)(C)CN(C)CCCOC. The second kappa shape index (κ2) is 7.21. The van der Waals surface area contributed by atoms with Crippen LogP contribution in [0.1, 0.15) is 27.2 Å². The molecule has 3 nitrogen and oxygen atoms in total. The number of rotatable bonds is 8. The Morgan fingerprint density at radius 2 is 2.00 bits per heavy atom. The molecule has 14 heavy (non-hydrogen) atoms. The molecule has 0 aromatic heterocycles. The maximum atomic E-state index is 5.03. The molecule has 0 saturated heterocycles. The molecule has 0 heterocycles. The van der Waals surface area contributed by atoms with Gasteiger partial charge in [-0.2, -0.15) is 0 Å². The van der Waals surface area contributed by atoms with Crippen molar-refractivity contribution in [1.29, 1.82) is 0 Å². The minimum absolute atomic E-state index is 0.205. The summed E-state index contributed by atoms with van der Waals surface area (Å²) in [4.78, 5) is 2.35. The Morgan fingerprint density at radius 3 is 2.50 bits per heavy atom. The highest BCUT2D eigenvalue weighted by molar-refractivity contribution is 4.79. The van der Waals surface area contributed by atoms with E-state index in [0.717, 1.165) is 32.7 Å². The summed E-state index contributed by atoms with van der Waals surface area (Å²) in [6.45, 7) is 10.7. The molecule has 0 amide bonds. The highest BCUT2D eigenvalue weighted by atomic mass is 16.5. The van der Waals surface area contributed by atoms with Crippen molar-refractivity contribution < 1.29 is 4.74 Å². The first kappa shape index (κ1) is 13.9. The lowest BCUT2D eigenvalue weighted by Crippen LogP contribution is -2.48. The van der Waals surface area contributed by atoms with E-state index in [0.29, 0.717) is 0 Å². The summed E-state index contributed by atoms with van der Waals surface area (Å²) in [5, 5.41) is 3.47. The zero-order valence-electron chi connectivity index (χ0n) is 10.4. The van der Waals surface area contributed by atoms with E-state index in [1.54, 1.807) is 7.11 Å². The van der Waals surface area contributed by atoms with Crippen LogP contribution in [0.2, 0.25) is 0 Å². The first-order chi connectivity index (χ1) is 6.52. The van der Waals surface area contributed by atoms with Gasteiger partial charge in [0.25, 0.3) is 0 Å². The van der Waals surface area contributed by atoms with Crippen molar-refractivity contribution >= 4 is 0 Å². The Labute approximate surface area is 88.8 Å². The Bertz CT molecular complexity index is 137. The van der Waals surface area contributed by atoms with E-state index in [-0.39, 0.29) is 5.54 Å². The van der Waals surface area contributed by atoms with Crippen molar-refractivity contribution in [3.63, 3.8) is 0 Å². The average Bonchev–Trinajstić information content (AvgIpc) is 2.03. The lowest BCUT2D eigenvalue weighted by Gasteiger charge is -2.31. The second-order valence-electron chi connectivity index (χ2n) is 4.50. The fourth-order valence-electron chi connectivity index (χ4n) is 1.77. The normalized spacial score (nSPS) is 12.4. The molecule has 0 fully saturated rings. The summed E-state index contributed by atoms with van der Waals surface area (Å²) in [6.07, 6.45) is 1.11.